The van der Waals surface area contributed by atoms with Crippen molar-refractivity contribution in [2.24, 2.45) is 0 Å². The summed E-state index contributed by atoms with van der Waals surface area (Å²) in [7, 11) is 1.97. The predicted octanol–water partition coefficient (Wildman–Crippen LogP) is 4.10. The average Bonchev–Trinajstić information content (AvgIpc) is 2.47. The first-order valence-corrected chi connectivity index (χ1v) is 7.59. The van der Waals surface area contributed by atoms with Crippen LogP contribution >= 0.6 is 15.9 Å². The molecule has 1 N–H and O–H groups in total. The molecule has 2 aromatic carbocycles. The first kappa shape index (κ1) is 15.1. The molecule has 3 heteroatoms. The van der Waals surface area contributed by atoms with Crippen molar-refractivity contribution in [2.45, 2.75) is 20.0 Å². The number of aryl methyl sites for hydroxylation is 1. The molecule has 0 saturated carbocycles. The van der Waals surface area contributed by atoms with Gasteiger partial charge < -0.3 is 10.1 Å². The summed E-state index contributed by atoms with van der Waals surface area (Å²) in [5.74, 6) is 0.907. The van der Waals surface area contributed by atoms with Crippen molar-refractivity contribution in [1.82, 2.24) is 5.32 Å². The van der Waals surface area contributed by atoms with Gasteiger partial charge in [-0.15, -0.1) is 0 Å². The second kappa shape index (κ2) is 7.46. The molecule has 0 spiro atoms. The highest BCUT2D eigenvalue weighted by molar-refractivity contribution is 9.10. The molecule has 0 fully saturated rings. The first-order chi connectivity index (χ1) is 9.69. The predicted molar refractivity (Wildman–Crippen MR) is 87.3 cm³/mol. The van der Waals surface area contributed by atoms with E-state index in [1.54, 1.807) is 0 Å². The molecule has 0 radical (unpaired) electrons. The highest BCUT2D eigenvalue weighted by Gasteiger charge is 2.00. The fourth-order valence-electron chi connectivity index (χ4n) is 1.95. The molecule has 0 bridgehead atoms. The van der Waals surface area contributed by atoms with E-state index in [1.165, 1.54) is 16.7 Å². The van der Waals surface area contributed by atoms with Gasteiger partial charge in [-0.25, -0.2) is 0 Å². The van der Waals surface area contributed by atoms with Gasteiger partial charge in [0.25, 0.3) is 0 Å². The number of likely N-dealkylation sites (N-methyl/N-ethyl adjacent to an activating group) is 1. The van der Waals surface area contributed by atoms with Crippen LogP contribution in [0.25, 0.3) is 0 Å². The van der Waals surface area contributed by atoms with Gasteiger partial charge in [-0.1, -0.05) is 40.2 Å². The molecule has 0 heterocycles. The molecule has 0 amide bonds. The fraction of sp³-hybridized carbons (Fsp3) is 0.294. The summed E-state index contributed by atoms with van der Waals surface area (Å²) in [6.07, 6.45) is 1.06. The van der Waals surface area contributed by atoms with Crippen molar-refractivity contribution < 1.29 is 4.74 Å². The maximum absolute atomic E-state index is 5.82. The molecule has 0 saturated heterocycles. The third kappa shape index (κ3) is 4.36. The highest BCUT2D eigenvalue weighted by Crippen LogP contribution is 2.22. The van der Waals surface area contributed by atoms with E-state index in [0.717, 1.165) is 23.2 Å². The minimum atomic E-state index is 0.605. The zero-order valence-electron chi connectivity index (χ0n) is 11.9. The minimum absolute atomic E-state index is 0.605. The molecular weight excluding hydrogens is 314 g/mol. The van der Waals surface area contributed by atoms with E-state index in [0.29, 0.717) is 6.61 Å². The third-order valence-corrected chi connectivity index (χ3v) is 4.11. The second-order valence-electron chi connectivity index (χ2n) is 4.87. The van der Waals surface area contributed by atoms with Gasteiger partial charge in [-0.3, -0.25) is 0 Å². The molecule has 2 aromatic rings. The maximum Gasteiger partial charge on any atom is 0.120 e. The minimum Gasteiger partial charge on any atom is -0.489 e. The quantitative estimate of drug-likeness (QED) is 0.859. The number of benzene rings is 2. The summed E-state index contributed by atoms with van der Waals surface area (Å²) in [4.78, 5) is 0. The Morgan fingerprint density at radius 3 is 2.40 bits per heavy atom. The van der Waals surface area contributed by atoms with Crippen LogP contribution in [0.3, 0.4) is 0 Å². The fourth-order valence-corrected chi connectivity index (χ4v) is 2.19. The Labute approximate surface area is 129 Å². The lowest BCUT2D eigenvalue weighted by atomic mass is 10.1. The van der Waals surface area contributed by atoms with E-state index in [4.69, 9.17) is 4.74 Å². The monoisotopic (exact) mass is 333 g/mol. The zero-order valence-corrected chi connectivity index (χ0v) is 13.5. The molecule has 0 aliphatic carbocycles. The third-order valence-electron chi connectivity index (χ3n) is 3.22. The molecule has 0 unspecified atom stereocenters. The molecule has 0 aliphatic heterocycles. The summed E-state index contributed by atoms with van der Waals surface area (Å²) in [6, 6.07) is 14.7. The van der Waals surface area contributed by atoms with E-state index < -0.39 is 0 Å². The van der Waals surface area contributed by atoms with Crippen LogP contribution in [-0.2, 0) is 13.0 Å². The van der Waals surface area contributed by atoms with Crippen LogP contribution in [0.5, 0.6) is 5.75 Å². The largest absolute Gasteiger partial charge is 0.489 e. The number of rotatable bonds is 6. The van der Waals surface area contributed by atoms with Crippen molar-refractivity contribution in [3.05, 3.63) is 63.6 Å². The van der Waals surface area contributed by atoms with Crippen molar-refractivity contribution in [3.8, 4) is 5.75 Å². The summed E-state index contributed by atoms with van der Waals surface area (Å²) in [6.45, 7) is 3.68. The summed E-state index contributed by atoms with van der Waals surface area (Å²) >= 11 is 3.49. The zero-order chi connectivity index (χ0) is 14.4. The van der Waals surface area contributed by atoms with Crippen LogP contribution in [0.2, 0.25) is 0 Å². The molecule has 20 heavy (non-hydrogen) atoms. The summed E-state index contributed by atoms with van der Waals surface area (Å²) in [5, 5.41) is 3.16. The van der Waals surface area contributed by atoms with E-state index in [2.05, 4.69) is 52.4 Å². The Hall–Kier alpha value is -1.32. The normalized spacial score (nSPS) is 10.6. The van der Waals surface area contributed by atoms with Gasteiger partial charge in [0.1, 0.15) is 12.4 Å². The van der Waals surface area contributed by atoms with E-state index in [1.807, 2.05) is 25.2 Å². The number of nitrogens with one attached hydrogen (secondary N) is 1. The van der Waals surface area contributed by atoms with Crippen LogP contribution in [0.1, 0.15) is 16.7 Å². The average molecular weight is 334 g/mol. The van der Waals surface area contributed by atoms with Gasteiger partial charge in [0.15, 0.2) is 0 Å². The van der Waals surface area contributed by atoms with Crippen LogP contribution in [-0.4, -0.2) is 13.6 Å². The maximum atomic E-state index is 5.82. The molecule has 0 aliphatic rings. The molecule has 2 rings (SSSR count). The van der Waals surface area contributed by atoms with E-state index in [9.17, 15) is 0 Å². The Kier molecular flexibility index (Phi) is 5.62. The molecular formula is C17H20BrNO. The van der Waals surface area contributed by atoms with Gasteiger partial charge in [0, 0.05) is 4.47 Å². The Morgan fingerprint density at radius 1 is 1.05 bits per heavy atom. The lowest BCUT2D eigenvalue weighted by molar-refractivity contribution is 0.306. The van der Waals surface area contributed by atoms with Crippen molar-refractivity contribution in [3.63, 3.8) is 0 Å². The van der Waals surface area contributed by atoms with Crippen molar-refractivity contribution >= 4 is 15.9 Å². The number of halogens is 1. The number of hydrogen-bond donors (Lipinski definition) is 1. The smallest absolute Gasteiger partial charge is 0.120 e. The van der Waals surface area contributed by atoms with Crippen LogP contribution in [0.15, 0.2) is 46.9 Å². The Bertz CT molecular complexity index is 551. The standard InChI is InChI=1S/C17H20BrNO/c1-13-11-16(7-8-17(13)18)20-12-15-5-3-14(4-6-15)9-10-19-2/h3-8,11,19H,9-10,12H2,1-2H3. The van der Waals surface area contributed by atoms with Gasteiger partial charge in [0.05, 0.1) is 0 Å². The van der Waals surface area contributed by atoms with Gasteiger partial charge in [-0.2, -0.15) is 0 Å². The Balaban J connectivity index is 1.91. The van der Waals surface area contributed by atoms with Crippen molar-refractivity contribution in [2.75, 3.05) is 13.6 Å². The van der Waals surface area contributed by atoms with Gasteiger partial charge in [-0.05, 0) is 61.8 Å². The molecule has 0 atom stereocenters. The Morgan fingerprint density at radius 2 is 1.75 bits per heavy atom. The lowest BCUT2D eigenvalue weighted by Crippen LogP contribution is -2.10. The first-order valence-electron chi connectivity index (χ1n) is 6.80. The molecule has 2 nitrogen and oxygen atoms in total. The number of hydrogen-bond acceptors (Lipinski definition) is 2. The lowest BCUT2D eigenvalue weighted by Gasteiger charge is -2.08. The van der Waals surface area contributed by atoms with Crippen LogP contribution in [0, 0.1) is 6.92 Å². The molecule has 0 aromatic heterocycles. The van der Waals surface area contributed by atoms with E-state index >= 15 is 0 Å². The SMILES string of the molecule is CNCCc1ccc(COc2ccc(Br)c(C)c2)cc1. The van der Waals surface area contributed by atoms with Crippen molar-refractivity contribution in [1.29, 1.82) is 0 Å². The van der Waals surface area contributed by atoms with Crippen LogP contribution in [0.4, 0.5) is 0 Å². The van der Waals surface area contributed by atoms with Gasteiger partial charge >= 0.3 is 0 Å². The van der Waals surface area contributed by atoms with E-state index in [-0.39, 0.29) is 0 Å². The highest BCUT2D eigenvalue weighted by atomic mass is 79.9. The molecule has 106 valence electrons. The topological polar surface area (TPSA) is 21.3 Å². The van der Waals surface area contributed by atoms with Crippen LogP contribution < -0.4 is 10.1 Å². The van der Waals surface area contributed by atoms with Gasteiger partial charge in [0.2, 0.25) is 0 Å². The summed E-state index contributed by atoms with van der Waals surface area (Å²) in [5.41, 5.74) is 3.73. The summed E-state index contributed by atoms with van der Waals surface area (Å²) < 4.78 is 6.93. The number of ether oxygens (including phenoxy) is 1. The second-order valence-corrected chi connectivity index (χ2v) is 5.72.